The van der Waals surface area contributed by atoms with Crippen LogP contribution >= 0.6 is 0 Å². The number of nitriles is 1. The van der Waals surface area contributed by atoms with Crippen LogP contribution in [0.2, 0.25) is 0 Å². The third kappa shape index (κ3) is 3.49. The minimum atomic E-state index is 0.119. The van der Waals surface area contributed by atoms with Crippen LogP contribution in [0, 0.1) is 17.9 Å². The zero-order valence-electron chi connectivity index (χ0n) is 15.7. The van der Waals surface area contributed by atoms with Gasteiger partial charge in [-0.05, 0) is 73.4 Å². The van der Waals surface area contributed by atoms with Crippen LogP contribution in [0.1, 0.15) is 42.9 Å². The average molecular weight is 357 g/mol. The molecule has 4 heteroatoms. The predicted octanol–water partition coefficient (Wildman–Crippen LogP) is 4.83. The van der Waals surface area contributed by atoms with Gasteiger partial charge >= 0.3 is 0 Å². The highest BCUT2D eigenvalue weighted by molar-refractivity contribution is 5.64. The molecule has 0 N–H and O–H groups in total. The Morgan fingerprint density at radius 1 is 1.19 bits per heavy atom. The van der Waals surface area contributed by atoms with Crippen molar-refractivity contribution in [2.45, 2.75) is 45.4 Å². The summed E-state index contributed by atoms with van der Waals surface area (Å²) in [5, 5.41) is 9.13. The third-order valence-electron chi connectivity index (χ3n) is 5.51. The Morgan fingerprint density at radius 2 is 1.89 bits per heavy atom. The Kier molecular flexibility index (Phi) is 4.73. The lowest BCUT2D eigenvalue weighted by Crippen LogP contribution is -2.34. The molecule has 0 amide bonds. The quantitative estimate of drug-likeness (QED) is 0.574. The Morgan fingerprint density at radius 3 is 2.52 bits per heavy atom. The summed E-state index contributed by atoms with van der Waals surface area (Å²) in [5.41, 5.74) is 6.65. The van der Waals surface area contributed by atoms with Gasteiger partial charge in [0.1, 0.15) is 5.76 Å². The van der Waals surface area contributed by atoms with Crippen LogP contribution in [0.3, 0.4) is 0 Å². The molecule has 3 heterocycles. The average Bonchev–Trinajstić information content (AvgIpc) is 2.67. The van der Waals surface area contributed by atoms with Crippen LogP contribution in [0.4, 0.5) is 5.69 Å². The minimum absolute atomic E-state index is 0.119. The first-order valence-corrected chi connectivity index (χ1v) is 9.66. The van der Waals surface area contributed by atoms with Crippen molar-refractivity contribution >= 4 is 5.69 Å². The first-order chi connectivity index (χ1) is 13.2. The topological polar surface area (TPSA) is 40.6 Å². The molecule has 1 aromatic carbocycles. The second-order valence-electron chi connectivity index (χ2n) is 7.45. The van der Waals surface area contributed by atoms with Gasteiger partial charge in [-0.1, -0.05) is 12.1 Å². The Balaban J connectivity index is 1.55. The molecule has 0 bridgehead atoms. The molecule has 27 heavy (non-hydrogen) atoms. The van der Waals surface area contributed by atoms with Crippen LogP contribution in [-0.2, 0) is 24.0 Å². The number of benzene rings is 1. The van der Waals surface area contributed by atoms with Crippen LogP contribution in [0.15, 0.2) is 47.1 Å². The largest absolute Gasteiger partial charge is 0.466 e. The van der Waals surface area contributed by atoms with Gasteiger partial charge in [0.15, 0.2) is 0 Å². The van der Waals surface area contributed by atoms with Gasteiger partial charge in [-0.15, -0.1) is 0 Å². The number of allylic oxidation sites excluding steroid dienone is 6. The fourth-order valence-corrected chi connectivity index (χ4v) is 4.40. The van der Waals surface area contributed by atoms with E-state index in [4.69, 9.17) is 16.6 Å². The lowest BCUT2D eigenvalue weighted by molar-refractivity contribution is 0.287. The summed E-state index contributed by atoms with van der Waals surface area (Å²) < 4.78 is 5.84. The van der Waals surface area contributed by atoms with Gasteiger partial charge in [0.2, 0.25) is 0 Å². The first kappa shape index (κ1) is 17.4. The Bertz CT molecular complexity index is 906. The van der Waals surface area contributed by atoms with E-state index in [-0.39, 0.29) is 5.70 Å². The molecule has 0 spiro atoms. The van der Waals surface area contributed by atoms with Gasteiger partial charge in [-0.2, -0.15) is 0 Å². The van der Waals surface area contributed by atoms with Crippen molar-refractivity contribution in [1.29, 1.82) is 5.26 Å². The van der Waals surface area contributed by atoms with E-state index in [2.05, 4.69) is 21.9 Å². The van der Waals surface area contributed by atoms with Crippen LogP contribution in [0.5, 0.6) is 0 Å². The number of aryl methyl sites for hydroxylation is 3. The molecule has 3 aliphatic rings. The van der Waals surface area contributed by atoms with Gasteiger partial charge in [0, 0.05) is 25.2 Å². The van der Waals surface area contributed by atoms with Gasteiger partial charge in [-0.3, -0.25) is 0 Å². The molecule has 4 rings (SSSR count). The lowest BCUT2D eigenvalue weighted by Gasteiger charge is -2.37. The Labute approximate surface area is 160 Å². The van der Waals surface area contributed by atoms with Crippen LogP contribution in [0.25, 0.3) is 4.85 Å². The maximum Gasteiger partial charge on any atom is 0.269 e. The van der Waals surface area contributed by atoms with E-state index in [0.717, 1.165) is 24.4 Å². The molecule has 3 aliphatic heterocycles. The van der Waals surface area contributed by atoms with Crippen LogP contribution < -0.4 is 4.90 Å². The number of hydrogen-bond donors (Lipinski definition) is 0. The van der Waals surface area contributed by atoms with Crippen molar-refractivity contribution in [3.05, 3.63) is 75.2 Å². The standard InChI is InChI=1S/C23H23N3O/c1-16-11-20(22(15-24)25-2)14-21(27-16)8-7-17-12-18-5-3-9-26-10-4-6-19(13-17)23(18)26/h11-14H,3-10H2,1H3/b22-20-. The zero-order chi connectivity index (χ0) is 18.8. The summed E-state index contributed by atoms with van der Waals surface area (Å²) in [7, 11) is 0. The number of rotatable bonds is 3. The highest BCUT2D eigenvalue weighted by atomic mass is 16.5. The highest BCUT2D eigenvalue weighted by Gasteiger charge is 2.24. The number of nitrogens with zero attached hydrogens (tertiary/aromatic N) is 3. The summed E-state index contributed by atoms with van der Waals surface area (Å²) in [5.74, 6) is 1.56. The van der Waals surface area contributed by atoms with E-state index in [1.54, 1.807) is 6.08 Å². The van der Waals surface area contributed by atoms with Crippen molar-refractivity contribution in [3.8, 4) is 6.07 Å². The molecule has 0 fully saturated rings. The molecule has 4 nitrogen and oxygen atoms in total. The maximum atomic E-state index is 9.13. The van der Waals surface area contributed by atoms with E-state index in [1.807, 2.05) is 19.1 Å². The van der Waals surface area contributed by atoms with Crippen molar-refractivity contribution in [2.75, 3.05) is 18.0 Å². The third-order valence-corrected chi connectivity index (χ3v) is 5.51. The molecule has 136 valence electrons. The summed E-state index contributed by atoms with van der Waals surface area (Å²) in [4.78, 5) is 5.88. The SMILES string of the molecule is [C-]#[N+]/C(C#N)=C1/C=C(C)OC(CCc2cc3c4c(c2)CCCN4CCC3)=C1. The first-order valence-electron chi connectivity index (χ1n) is 9.66. The van der Waals surface area contributed by atoms with E-state index in [1.165, 1.54) is 61.2 Å². The molecular formula is C23H23N3O. The normalized spacial score (nSPS) is 19.7. The second-order valence-corrected chi connectivity index (χ2v) is 7.45. The van der Waals surface area contributed by atoms with E-state index in [9.17, 15) is 0 Å². The molecule has 0 aromatic heterocycles. The molecular weight excluding hydrogens is 334 g/mol. The van der Waals surface area contributed by atoms with Gasteiger partial charge < -0.3 is 9.64 Å². The molecule has 0 atom stereocenters. The van der Waals surface area contributed by atoms with Crippen molar-refractivity contribution in [1.82, 2.24) is 0 Å². The smallest absolute Gasteiger partial charge is 0.269 e. The highest BCUT2D eigenvalue weighted by Crippen LogP contribution is 2.36. The van der Waals surface area contributed by atoms with Gasteiger partial charge in [-0.25, -0.2) is 10.1 Å². The maximum absolute atomic E-state index is 9.13. The van der Waals surface area contributed by atoms with Crippen molar-refractivity contribution in [2.24, 2.45) is 0 Å². The summed E-state index contributed by atoms with van der Waals surface area (Å²) in [6, 6.07) is 6.72. The molecule has 0 unspecified atom stereocenters. The zero-order valence-corrected chi connectivity index (χ0v) is 15.7. The molecule has 1 aromatic rings. The molecule has 0 saturated heterocycles. The van der Waals surface area contributed by atoms with E-state index >= 15 is 0 Å². The molecule has 0 aliphatic carbocycles. The second kappa shape index (κ2) is 7.33. The lowest BCUT2D eigenvalue weighted by atomic mass is 9.89. The number of ether oxygens (including phenoxy) is 1. The molecule has 0 radical (unpaired) electrons. The molecule has 0 saturated carbocycles. The fourth-order valence-electron chi connectivity index (χ4n) is 4.40. The van der Waals surface area contributed by atoms with Crippen molar-refractivity contribution < 1.29 is 4.74 Å². The van der Waals surface area contributed by atoms with Crippen molar-refractivity contribution in [3.63, 3.8) is 0 Å². The van der Waals surface area contributed by atoms with Crippen LogP contribution in [-0.4, -0.2) is 13.1 Å². The summed E-state index contributed by atoms with van der Waals surface area (Å²) in [6.07, 6.45) is 10.1. The Hall–Kier alpha value is -2.98. The summed E-state index contributed by atoms with van der Waals surface area (Å²) >= 11 is 0. The number of anilines is 1. The van der Waals surface area contributed by atoms with E-state index in [0.29, 0.717) is 5.57 Å². The van der Waals surface area contributed by atoms with Gasteiger partial charge in [0.25, 0.3) is 5.70 Å². The van der Waals surface area contributed by atoms with E-state index < -0.39 is 0 Å². The minimum Gasteiger partial charge on any atom is -0.466 e. The van der Waals surface area contributed by atoms with Gasteiger partial charge in [0.05, 0.1) is 18.4 Å². The summed E-state index contributed by atoms with van der Waals surface area (Å²) in [6.45, 7) is 11.4. The fraction of sp³-hybridized carbons (Fsp3) is 0.391. The predicted molar refractivity (Wildman–Crippen MR) is 106 cm³/mol. The number of hydrogen-bond acceptors (Lipinski definition) is 3. The monoisotopic (exact) mass is 357 g/mol.